The Bertz CT molecular complexity index is 510. The van der Waals surface area contributed by atoms with E-state index in [1.165, 1.54) is 25.0 Å². The lowest BCUT2D eigenvalue weighted by Gasteiger charge is -2.28. The lowest BCUT2D eigenvalue weighted by molar-refractivity contribution is -0.138. The molecule has 2 aromatic rings. The number of ether oxygens (including phenoxy) is 1. The van der Waals surface area contributed by atoms with Crippen LogP contribution < -0.4 is 4.74 Å². The summed E-state index contributed by atoms with van der Waals surface area (Å²) in [5.74, 6) is -2.08. The zero-order valence-electron chi connectivity index (χ0n) is 7.90. The van der Waals surface area contributed by atoms with Crippen molar-refractivity contribution in [3.8, 4) is 11.8 Å². The Kier molecular flexibility index (Phi) is 1.68. The first-order chi connectivity index (χ1) is 7.69. The fourth-order valence-corrected chi connectivity index (χ4v) is 1.51. The molecule has 3 rings (SSSR count). The maximum absolute atomic E-state index is 9.99. The van der Waals surface area contributed by atoms with E-state index in [1.807, 2.05) is 0 Å². The minimum absolute atomic E-state index is 0.0669. The molecule has 0 saturated carbocycles. The van der Waals surface area contributed by atoms with Gasteiger partial charge in [-0.3, -0.25) is 0 Å². The molecule has 7 nitrogen and oxygen atoms in total. The SMILES string of the molecule is OC1(O)c2cncnc2Oc2ncncc21. The predicted molar refractivity (Wildman–Crippen MR) is 49.4 cm³/mol. The zero-order valence-corrected chi connectivity index (χ0v) is 7.90. The van der Waals surface area contributed by atoms with Crippen molar-refractivity contribution in [1.82, 2.24) is 19.9 Å². The van der Waals surface area contributed by atoms with Crippen LogP contribution in [0.15, 0.2) is 25.0 Å². The molecule has 0 amide bonds. The molecule has 1 aliphatic heterocycles. The summed E-state index contributed by atoms with van der Waals surface area (Å²) in [6, 6.07) is 0. The molecule has 0 spiro atoms. The highest BCUT2D eigenvalue weighted by atomic mass is 16.5. The fourth-order valence-electron chi connectivity index (χ4n) is 1.51. The summed E-state index contributed by atoms with van der Waals surface area (Å²) in [6.07, 6.45) is 5.05. The Balaban J connectivity index is 2.28. The van der Waals surface area contributed by atoms with E-state index in [1.54, 1.807) is 0 Å². The van der Waals surface area contributed by atoms with Crippen molar-refractivity contribution in [2.24, 2.45) is 0 Å². The van der Waals surface area contributed by atoms with Crippen LogP contribution >= 0.6 is 0 Å². The molecule has 1 aliphatic rings. The summed E-state index contributed by atoms with van der Waals surface area (Å²) in [7, 11) is 0. The van der Waals surface area contributed by atoms with Crippen LogP contribution in [0.25, 0.3) is 0 Å². The third kappa shape index (κ3) is 1.09. The van der Waals surface area contributed by atoms with Gasteiger partial charge in [-0.05, 0) is 0 Å². The molecule has 0 aromatic carbocycles. The van der Waals surface area contributed by atoms with Crippen molar-refractivity contribution in [3.63, 3.8) is 0 Å². The van der Waals surface area contributed by atoms with E-state index in [0.717, 1.165) is 0 Å². The Labute approximate surface area is 89.4 Å². The summed E-state index contributed by atoms with van der Waals surface area (Å²) in [6.45, 7) is 0. The minimum Gasteiger partial charge on any atom is -0.419 e. The van der Waals surface area contributed by atoms with Crippen molar-refractivity contribution in [2.75, 3.05) is 0 Å². The highest BCUT2D eigenvalue weighted by molar-refractivity contribution is 5.46. The van der Waals surface area contributed by atoms with Gasteiger partial charge in [0, 0.05) is 12.4 Å². The zero-order chi connectivity index (χ0) is 11.2. The maximum Gasteiger partial charge on any atom is 0.233 e. The minimum atomic E-state index is -2.23. The third-order valence-electron chi connectivity index (χ3n) is 2.30. The van der Waals surface area contributed by atoms with Gasteiger partial charge in [0.15, 0.2) is 0 Å². The van der Waals surface area contributed by atoms with E-state index in [0.29, 0.717) is 0 Å². The van der Waals surface area contributed by atoms with Crippen LogP contribution in [0, 0.1) is 0 Å². The van der Waals surface area contributed by atoms with Crippen LogP contribution in [0.1, 0.15) is 11.1 Å². The molecule has 0 aliphatic carbocycles. The van der Waals surface area contributed by atoms with Crippen LogP contribution in [0.4, 0.5) is 0 Å². The molecule has 0 atom stereocenters. The average molecular weight is 218 g/mol. The van der Waals surface area contributed by atoms with Gasteiger partial charge in [-0.1, -0.05) is 0 Å². The molecule has 0 unspecified atom stereocenters. The van der Waals surface area contributed by atoms with Crippen molar-refractivity contribution >= 4 is 0 Å². The maximum atomic E-state index is 9.99. The van der Waals surface area contributed by atoms with Gasteiger partial charge in [-0.25, -0.2) is 19.9 Å². The molecule has 7 heteroatoms. The van der Waals surface area contributed by atoms with Gasteiger partial charge < -0.3 is 14.9 Å². The summed E-state index contributed by atoms with van der Waals surface area (Å²) >= 11 is 0. The van der Waals surface area contributed by atoms with Gasteiger partial charge in [0.2, 0.25) is 17.5 Å². The van der Waals surface area contributed by atoms with Gasteiger partial charge in [0.1, 0.15) is 12.7 Å². The molecule has 0 bridgehead atoms. The van der Waals surface area contributed by atoms with E-state index in [-0.39, 0.29) is 22.9 Å². The van der Waals surface area contributed by atoms with Gasteiger partial charge in [-0.2, -0.15) is 0 Å². The molecule has 16 heavy (non-hydrogen) atoms. The quantitative estimate of drug-likeness (QED) is 0.578. The second-order valence-electron chi connectivity index (χ2n) is 3.26. The molecular weight excluding hydrogens is 212 g/mol. The van der Waals surface area contributed by atoms with Crippen LogP contribution in [0.3, 0.4) is 0 Å². The van der Waals surface area contributed by atoms with E-state index in [2.05, 4.69) is 19.9 Å². The highest BCUT2D eigenvalue weighted by Gasteiger charge is 2.41. The van der Waals surface area contributed by atoms with Crippen LogP contribution in [-0.4, -0.2) is 30.1 Å². The van der Waals surface area contributed by atoms with E-state index in [4.69, 9.17) is 4.74 Å². The number of hydrogen-bond acceptors (Lipinski definition) is 7. The number of nitrogens with zero attached hydrogens (tertiary/aromatic N) is 4. The molecule has 0 saturated heterocycles. The fraction of sp³-hybridized carbons (Fsp3) is 0.111. The van der Waals surface area contributed by atoms with Gasteiger partial charge in [0.05, 0.1) is 11.1 Å². The van der Waals surface area contributed by atoms with Crippen LogP contribution in [0.2, 0.25) is 0 Å². The first-order valence-corrected chi connectivity index (χ1v) is 4.43. The van der Waals surface area contributed by atoms with Gasteiger partial charge >= 0.3 is 0 Å². The van der Waals surface area contributed by atoms with Crippen molar-refractivity contribution in [2.45, 2.75) is 5.79 Å². The second kappa shape index (κ2) is 2.94. The molecular formula is C9H6N4O3. The third-order valence-corrected chi connectivity index (χ3v) is 2.30. The first kappa shape index (κ1) is 9.13. The van der Waals surface area contributed by atoms with Crippen LogP contribution in [-0.2, 0) is 5.79 Å². The molecule has 80 valence electrons. The van der Waals surface area contributed by atoms with Crippen LogP contribution in [0.5, 0.6) is 11.8 Å². The largest absolute Gasteiger partial charge is 0.419 e. The number of fused-ring (bicyclic) bond motifs is 2. The number of rotatable bonds is 0. The highest BCUT2D eigenvalue weighted by Crippen LogP contribution is 2.41. The van der Waals surface area contributed by atoms with E-state index in [9.17, 15) is 10.2 Å². The molecule has 0 fully saturated rings. The average Bonchev–Trinajstić information content (AvgIpc) is 2.29. The Morgan fingerprint density at radius 3 is 1.94 bits per heavy atom. The summed E-state index contributed by atoms with van der Waals surface area (Å²) in [5, 5.41) is 20.0. The number of aliphatic hydroxyl groups is 2. The Morgan fingerprint density at radius 2 is 1.44 bits per heavy atom. The summed E-state index contributed by atoms with van der Waals surface area (Å²) in [5.41, 5.74) is 0.134. The molecule has 0 radical (unpaired) electrons. The molecule has 3 heterocycles. The van der Waals surface area contributed by atoms with Gasteiger partial charge in [-0.15, -0.1) is 0 Å². The predicted octanol–water partition coefficient (Wildman–Crippen LogP) is -0.442. The second-order valence-corrected chi connectivity index (χ2v) is 3.26. The normalized spacial score (nSPS) is 15.9. The van der Waals surface area contributed by atoms with Crippen molar-refractivity contribution in [1.29, 1.82) is 0 Å². The van der Waals surface area contributed by atoms with Crippen molar-refractivity contribution in [3.05, 3.63) is 36.2 Å². The Hall–Kier alpha value is -2.12. The molecule has 2 N–H and O–H groups in total. The number of hydrogen-bond donors (Lipinski definition) is 2. The smallest absolute Gasteiger partial charge is 0.233 e. The van der Waals surface area contributed by atoms with E-state index < -0.39 is 5.79 Å². The topological polar surface area (TPSA) is 101 Å². The Morgan fingerprint density at radius 1 is 0.938 bits per heavy atom. The van der Waals surface area contributed by atoms with Crippen molar-refractivity contribution < 1.29 is 14.9 Å². The monoisotopic (exact) mass is 218 g/mol. The first-order valence-electron chi connectivity index (χ1n) is 4.43. The molecule has 2 aromatic heterocycles. The lowest BCUT2D eigenvalue weighted by atomic mass is 10.0. The van der Waals surface area contributed by atoms with Gasteiger partial charge in [0.25, 0.3) is 0 Å². The van der Waals surface area contributed by atoms with E-state index >= 15 is 0 Å². The summed E-state index contributed by atoms with van der Waals surface area (Å²) in [4.78, 5) is 15.0. The standard InChI is InChI=1S/C9H6N4O3/c14-9(15)5-1-10-3-12-7(5)16-8-6(9)2-11-4-13-8/h1-4,14-15H. The summed E-state index contributed by atoms with van der Waals surface area (Å²) < 4.78 is 5.29. The number of aromatic nitrogens is 4. The lowest BCUT2D eigenvalue weighted by Crippen LogP contribution is -2.31.